The fourth-order valence-corrected chi connectivity index (χ4v) is 3.54. The number of hydrogen-bond acceptors (Lipinski definition) is 5. The molecule has 7 nitrogen and oxygen atoms in total. The van der Waals surface area contributed by atoms with Crippen LogP contribution in [0.25, 0.3) is 0 Å². The van der Waals surface area contributed by atoms with E-state index in [1.165, 1.54) is 24.3 Å². The van der Waals surface area contributed by atoms with Crippen molar-refractivity contribution in [1.82, 2.24) is 14.9 Å². The first-order valence-corrected chi connectivity index (χ1v) is 9.50. The van der Waals surface area contributed by atoms with Crippen LogP contribution < -0.4 is 10.6 Å². The van der Waals surface area contributed by atoms with E-state index in [2.05, 4.69) is 20.9 Å². The summed E-state index contributed by atoms with van der Waals surface area (Å²) in [7, 11) is 0. The van der Waals surface area contributed by atoms with Crippen LogP contribution in [0, 0.1) is 6.92 Å². The minimum Gasteiger partial charge on any atom is -0.363 e. The highest BCUT2D eigenvalue weighted by Gasteiger charge is 2.46. The monoisotopic (exact) mass is 459 g/mol. The van der Waals surface area contributed by atoms with Gasteiger partial charge in [-0.3, -0.25) is 4.79 Å². The third-order valence-corrected chi connectivity index (χ3v) is 5.38. The molecule has 1 aliphatic rings. The third-order valence-electron chi connectivity index (χ3n) is 4.64. The number of nitrogens with one attached hydrogen (secondary N) is 2. The second-order valence-electron chi connectivity index (χ2n) is 6.80. The number of hydrogen-bond donors (Lipinski definition) is 2. The van der Waals surface area contributed by atoms with Crippen molar-refractivity contribution in [2.75, 3.05) is 10.6 Å². The van der Waals surface area contributed by atoms with E-state index < -0.39 is 24.2 Å². The smallest absolute Gasteiger partial charge is 0.363 e. The van der Waals surface area contributed by atoms with E-state index >= 15 is 0 Å². The van der Waals surface area contributed by atoms with Crippen LogP contribution in [0.15, 0.2) is 34.9 Å². The molecule has 1 amide bonds. The molecule has 0 radical (unpaired) electrons. The van der Waals surface area contributed by atoms with Gasteiger partial charge in [0.2, 0.25) is 0 Å². The standard InChI is InChI=1S/C18H14Cl2F3N5O2/c1-8-4-15(27-30-8)25-17(29)13-7-16-24-12(9-2-3-10(19)11(20)5-9)6-14(18(21,22)23)28(16)26-13/h2-5,7,12,14,24H,6H2,1H3,(H,25,27,29)/t12-,14-/m0/s1. The van der Waals surface area contributed by atoms with Crippen molar-refractivity contribution in [3.8, 4) is 0 Å². The number of carbonyl (C=O) groups is 1. The molecule has 0 unspecified atom stereocenters. The van der Waals surface area contributed by atoms with E-state index in [1.807, 2.05) is 0 Å². The van der Waals surface area contributed by atoms with E-state index in [9.17, 15) is 18.0 Å². The van der Waals surface area contributed by atoms with Crippen LogP contribution in [0.1, 0.15) is 40.3 Å². The Balaban J connectivity index is 1.66. The first-order chi connectivity index (χ1) is 14.1. The molecule has 2 N–H and O–H groups in total. The Kier molecular flexibility index (Phi) is 5.15. The van der Waals surface area contributed by atoms with Crippen LogP contribution in [-0.4, -0.2) is 27.0 Å². The van der Waals surface area contributed by atoms with E-state index in [0.717, 1.165) is 4.68 Å². The minimum absolute atomic E-state index is 0.0566. The summed E-state index contributed by atoms with van der Waals surface area (Å²) < 4.78 is 46.9. The number of anilines is 2. The number of alkyl halides is 3. The van der Waals surface area contributed by atoms with Gasteiger partial charge in [-0.05, 0) is 24.6 Å². The lowest BCUT2D eigenvalue weighted by Gasteiger charge is -2.33. The molecule has 2 aromatic heterocycles. The predicted octanol–water partition coefficient (Wildman–Crippen LogP) is 5.40. The molecule has 3 heterocycles. The highest BCUT2D eigenvalue weighted by molar-refractivity contribution is 6.42. The average Bonchev–Trinajstić information content (AvgIpc) is 3.28. The first kappa shape index (κ1) is 20.5. The Morgan fingerprint density at radius 1 is 1.27 bits per heavy atom. The van der Waals surface area contributed by atoms with Crippen LogP contribution in [0.2, 0.25) is 10.0 Å². The van der Waals surface area contributed by atoms with Crippen LogP contribution in [0.3, 0.4) is 0 Å². The zero-order valence-corrected chi connectivity index (χ0v) is 16.8. The summed E-state index contributed by atoms with van der Waals surface area (Å²) in [5, 5.41) is 13.5. The fourth-order valence-electron chi connectivity index (χ4n) is 3.24. The molecular formula is C18H14Cl2F3N5O2. The first-order valence-electron chi connectivity index (χ1n) is 8.74. The Hall–Kier alpha value is -2.72. The van der Waals surface area contributed by atoms with E-state index in [4.69, 9.17) is 27.7 Å². The summed E-state index contributed by atoms with van der Waals surface area (Å²) in [4.78, 5) is 12.4. The molecule has 0 spiro atoms. The Bertz CT molecular complexity index is 1110. The third kappa shape index (κ3) is 3.97. The summed E-state index contributed by atoms with van der Waals surface area (Å²) in [6.07, 6.45) is -4.91. The lowest BCUT2D eigenvalue weighted by Crippen LogP contribution is -2.35. The van der Waals surface area contributed by atoms with Gasteiger partial charge >= 0.3 is 6.18 Å². The number of rotatable bonds is 3. The van der Waals surface area contributed by atoms with Crippen molar-refractivity contribution in [3.05, 3.63) is 57.4 Å². The van der Waals surface area contributed by atoms with Gasteiger partial charge < -0.3 is 15.2 Å². The Morgan fingerprint density at radius 2 is 2.03 bits per heavy atom. The Labute approximate surface area is 178 Å². The van der Waals surface area contributed by atoms with Gasteiger partial charge in [-0.1, -0.05) is 34.4 Å². The molecule has 0 aliphatic carbocycles. The summed E-state index contributed by atoms with van der Waals surface area (Å²) in [5.41, 5.74) is 0.345. The molecular weight excluding hydrogens is 446 g/mol. The molecule has 30 heavy (non-hydrogen) atoms. The molecule has 0 saturated heterocycles. The van der Waals surface area contributed by atoms with Crippen molar-refractivity contribution in [1.29, 1.82) is 0 Å². The number of nitrogens with zero attached hydrogens (tertiary/aromatic N) is 3. The van der Waals surface area contributed by atoms with Crippen LogP contribution in [0.5, 0.6) is 0 Å². The number of aromatic nitrogens is 3. The van der Waals surface area contributed by atoms with Crippen molar-refractivity contribution in [3.63, 3.8) is 0 Å². The summed E-state index contributed by atoms with van der Waals surface area (Å²) in [6.45, 7) is 1.64. The largest absolute Gasteiger partial charge is 0.410 e. The lowest BCUT2D eigenvalue weighted by atomic mass is 9.97. The molecule has 12 heteroatoms. The minimum atomic E-state index is -4.58. The molecule has 2 atom stereocenters. The highest BCUT2D eigenvalue weighted by atomic mass is 35.5. The van der Waals surface area contributed by atoms with Crippen LogP contribution in [0.4, 0.5) is 24.8 Å². The molecule has 0 saturated carbocycles. The number of fused-ring (bicyclic) bond motifs is 1. The number of carbonyl (C=O) groups excluding carboxylic acids is 1. The normalized spacial score (nSPS) is 18.6. The molecule has 4 rings (SSSR count). The van der Waals surface area contributed by atoms with Crippen LogP contribution in [-0.2, 0) is 0 Å². The van der Waals surface area contributed by atoms with Gasteiger partial charge in [0.25, 0.3) is 5.91 Å². The predicted molar refractivity (Wildman–Crippen MR) is 104 cm³/mol. The zero-order chi connectivity index (χ0) is 21.6. The van der Waals surface area contributed by atoms with Gasteiger partial charge in [-0.25, -0.2) is 4.68 Å². The van der Waals surface area contributed by atoms with Crippen LogP contribution >= 0.6 is 23.2 Å². The summed E-state index contributed by atoms with van der Waals surface area (Å²) in [5.74, 6) is -0.0460. The zero-order valence-electron chi connectivity index (χ0n) is 15.3. The molecule has 1 aromatic carbocycles. The van der Waals surface area contributed by atoms with Crippen molar-refractivity contribution < 1.29 is 22.5 Å². The van der Waals surface area contributed by atoms with Crippen molar-refractivity contribution >= 4 is 40.7 Å². The maximum atomic E-state index is 13.8. The SMILES string of the molecule is Cc1cc(NC(=O)c2cc3n(n2)[C@H](C(F)(F)F)C[C@@H](c2ccc(Cl)c(Cl)c2)N3)no1. The second-order valence-corrected chi connectivity index (χ2v) is 7.61. The fraction of sp³-hybridized carbons (Fsp3) is 0.278. The quantitative estimate of drug-likeness (QED) is 0.547. The maximum Gasteiger partial charge on any atom is 0.410 e. The van der Waals surface area contributed by atoms with Gasteiger partial charge in [0.05, 0.1) is 16.1 Å². The molecule has 3 aromatic rings. The van der Waals surface area contributed by atoms with Gasteiger partial charge in [-0.2, -0.15) is 18.3 Å². The van der Waals surface area contributed by atoms with Gasteiger partial charge in [0.15, 0.2) is 17.6 Å². The number of amides is 1. The lowest BCUT2D eigenvalue weighted by molar-refractivity contribution is -0.173. The number of halogens is 5. The second kappa shape index (κ2) is 7.51. The van der Waals surface area contributed by atoms with Gasteiger partial charge in [0.1, 0.15) is 11.6 Å². The number of benzene rings is 1. The summed E-state index contributed by atoms with van der Waals surface area (Å²) >= 11 is 11.9. The van der Waals surface area contributed by atoms with Crippen molar-refractivity contribution in [2.45, 2.75) is 31.6 Å². The van der Waals surface area contributed by atoms with Gasteiger partial charge in [-0.15, -0.1) is 0 Å². The topological polar surface area (TPSA) is 85.0 Å². The molecule has 158 valence electrons. The summed E-state index contributed by atoms with van der Waals surface area (Å²) in [6, 6.07) is 4.74. The number of aryl methyl sites for hydroxylation is 1. The maximum absolute atomic E-state index is 13.8. The van der Waals surface area contributed by atoms with Gasteiger partial charge in [0, 0.05) is 18.6 Å². The van der Waals surface area contributed by atoms with E-state index in [0.29, 0.717) is 16.3 Å². The van der Waals surface area contributed by atoms with Crippen molar-refractivity contribution in [2.24, 2.45) is 0 Å². The molecule has 1 aliphatic heterocycles. The molecule has 0 bridgehead atoms. The highest BCUT2D eigenvalue weighted by Crippen LogP contribution is 2.44. The molecule has 0 fully saturated rings. The average molecular weight is 460 g/mol. The Morgan fingerprint density at radius 3 is 2.67 bits per heavy atom. The van der Waals surface area contributed by atoms with E-state index in [1.54, 1.807) is 13.0 Å². The van der Waals surface area contributed by atoms with E-state index in [-0.39, 0.29) is 28.8 Å².